The first kappa shape index (κ1) is 24.0. The Morgan fingerprint density at radius 3 is 2.56 bits per heavy atom. The summed E-state index contributed by atoms with van der Waals surface area (Å²) in [5.74, 6) is 1.27. The number of nitriles is 1. The molecular formula is C27H32N8O. The summed E-state index contributed by atoms with van der Waals surface area (Å²) in [6.45, 7) is 8.31. The lowest BCUT2D eigenvalue weighted by Gasteiger charge is -2.37. The average Bonchev–Trinajstić information content (AvgIpc) is 3.21. The van der Waals surface area contributed by atoms with Crippen molar-refractivity contribution in [3.05, 3.63) is 59.4 Å². The van der Waals surface area contributed by atoms with Gasteiger partial charge in [0.05, 0.1) is 11.9 Å². The molecule has 1 saturated heterocycles. The van der Waals surface area contributed by atoms with Crippen LogP contribution >= 0.6 is 0 Å². The predicted molar refractivity (Wildman–Crippen MR) is 141 cm³/mol. The van der Waals surface area contributed by atoms with Crippen LogP contribution in [0, 0.1) is 11.3 Å². The third-order valence-electron chi connectivity index (χ3n) is 7.01. The smallest absolute Gasteiger partial charge is 0.229 e. The highest BCUT2D eigenvalue weighted by Crippen LogP contribution is 2.38. The number of nitrogens with zero attached hydrogens (tertiary/aromatic N) is 5. The van der Waals surface area contributed by atoms with Crippen molar-refractivity contribution >= 4 is 29.0 Å². The average molecular weight is 485 g/mol. The molecule has 0 radical (unpaired) electrons. The van der Waals surface area contributed by atoms with E-state index >= 15 is 0 Å². The molecule has 2 aromatic heterocycles. The number of anilines is 5. The van der Waals surface area contributed by atoms with Crippen LogP contribution in [0.1, 0.15) is 50.4 Å². The monoisotopic (exact) mass is 484 g/mol. The van der Waals surface area contributed by atoms with Gasteiger partial charge in [0.2, 0.25) is 5.95 Å². The molecule has 2 aliphatic rings. The first-order valence-corrected chi connectivity index (χ1v) is 12.5. The first-order chi connectivity index (χ1) is 17.4. The van der Waals surface area contributed by atoms with Crippen LogP contribution in [0.15, 0.2) is 42.6 Å². The molecule has 1 aliphatic carbocycles. The molecule has 0 spiro atoms. The fourth-order valence-corrected chi connectivity index (χ4v) is 5.13. The highest BCUT2D eigenvalue weighted by molar-refractivity contribution is 5.64. The normalized spacial score (nSPS) is 23.1. The summed E-state index contributed by atoms with van der Waals surface area (Å²) in [6, 6.07) is 15.1. The Balaban J connectivity index is 1.33. The van der Waals surface area contributed by atoms with Gasteiger partial charge in [0.1, 0.15) is 23.1 Å². The summed E-state index contributed by atoms with van der Waals surface area (Å²) in [5, 5.41) is 30.4. The molecule has 0 amide bonds. The number of benzene rings is 1. The highest BCUT2D eigenvalue weighted by Gasteiger charge is 2.36. The Hall–Kier alpha value is -3.74. The van der Waals surface area contributed by atoms with Gasteiger partial charge in [0.25, 0.3) is 0 Å². The van der Waals surface area contributed by atoms with Crippen molar-refractivity contribution in [2.75, 3.05) is 28.6 Å². The number of fused-ring (bicyclic) bond motifs is 1. The summed E-state index contributed by atoms with van der Waals surface area (Å²) in [6.07, 6.45) is 3.58. The second kappa shape index (κ2) is 9.72. The summed E-state index contributed by atoms with van der Waals surface area (Å²) in [5.41, 5.74) is 3.20. The Kier molecular flexibility index (Phi) is 6.48. The van der Waals surface area contributed by atoms with Gasteiger partial charge >= 0.3 is 0 Å². The Morgan fingerprint density at radius 2 is 1.86 bits per heavy atom. The largest absolute Gasteiger partial charge is 0.384 e. The van der Waals surface area contributed by atoms with Crippen LogP contribution in [-0.4, -0.2) is 45.2 Å². The van der Waals surface area contributed by atoms with Gasteiger partial charge in [-0.05, 0) is 69.0 Å². The van der Waals surface area contributed by atoms with E-state index < -0.39 is 5.60 Å². The third kappa shape index (κ3) is 4.83. The lowest BCUT2D eigenvalue weighted by molar-refractivity contribution is 0.0307. The molecule has 9 nitrogen and oxygen atoms in total. The summed E-state index contributed by atoms with van der Waals surface area (Å²) in [4.78, 5) is 15.9. The van der Waals surface area contributed by atoms with E-state index in [4.69, 9.17) is 0 Å². The van der Waals surface area contributed by atoms with Crippen LogP contribution < -0.4 is 20.9 Å². The predicted octanol–water partition coefficient (Wildman–Crippen LogP) is 3.96. The molecule has 1 aliphatic heterocycles. The number of nitrogens with one attached hydrogen (secondary N) is 3. The van der Waals surface area contributed by atoms with Gasteiger partial charge in [0.15, 0.2) is 5.82 Å². The zero-order valence-corrected chi connectivity index (χ0v) is 20.9. The minimum atomic E-state index is -0.906. The number of hydrogen-bond donors (Lipinski definition) is 4. The quantitative estimate of drug-likeness (QED) is 0.412. The maximum absolute atomic E-state index is 10.9. The molecular weight excluding hydrogens is 452 g/mol. The standard InChI is InChI=1S/C27H32N8O/c1-4-27(36)12-11-19-5-10-23(32-24(19)27)33-25-20(13-28)14-29-26(34-25)31-21-6-8-22(9-7-21)35-15-17(2)30-18(3)16-35/h5-10,14,17-18,30,36H,4,11-12,15-16H2,1-3H3,(H2,29,31,32,33,34)/t17-,18+,27?. The molecule has 3 heterocycles. The van der Waals surface area contributed by atoms with Gasteiger partial charge in [-0.2, -0.15) is 10.2 Å². The van der Waals surface area contributed by atoms with E-state index in [1.54, 1.807) is 0 Å². The molecule has 4 N–H and O–H groups in total. The minimum Gasteiger partial charge on any atom is -0.384 e. The van der Waals surface area contributed by atoms with Crippen molar-refractivity contribution in [3.8, 4) is 6.07 Å². The van der Waals surface area contributed by atoms with Gasteiger partial charge in [0, 0.05) is 36.5 Å². The maximum Gasteiger partial charge on any atom is 0.229 e. The number of aromatic nitrogens is 3. The lowest BCUT2D eigenvalue weighted by Crippen LogP contribution is -2.54. The molecule has 186 valence electrons. The van der Waals surface area contributed by atoms with Crippen molar-refractivity contribution in [3.63, 3.8) is 0 Å². The summed E-state index contributed by atoms with van der Waals surface area (Å²) >= 11 is 0. The molecule has 3 atom stereocenters. The van der Waals surface area contributed by atoms with Crippen LogP contribution in [0.2, 0.25) is 0 Å². The van der Waals surface area contributed by atoms with Crippen LogP contribution in [0.25, 0.3) is 0 Å². The SMILES string of the molecule is CCC1(O)CCc2ccc(Nc3nc(Nc4ccc(N5C[C@@H](C)N[C@@H](C)C5)cc4)ncc3C#N)nc21. The van der Waals surface area contributed by atoms with Crippen molar-refractivity contribution in [1.29, 1.82) is 5.26 Å². The Labute approximate surface area is 211 Å². The zero-order valence-electron chi connectivity index (χ0n) is 20.9. The van der Waals surface area contributed by atoms with E-state index in [2.05, 4.69) is 67.9 Å². The molecule has 0 bridgehead atoms. The zero-order chi connectivity index (χ0) is 25.3. The van der Waals surface area contributed by atoms with Crippen LogP contribution in [0.4, 0.5) is 29.0 Å². The van der Waals surface area contributed by atoms with Crippen LogP contribution in [0.3, 0.4) is 0 Å². The molecule has 5 rings (SSSR count). The molecule has 1 aromatic carbocycles. The van der Waals surface area contributed by atoms with E-state index in [9.17, 15) is 10.4 Å². The van der Waals surface area contributed by atoms with Crippen LogP contribution in [0.5, 0.6) is 0 Å². The van der Waals surface area contributed by atoms with Crippen molar-refractivity contribution in [1.82, 2.24) is 20.3 Å². The highest BCUT2D eigenvalue weighted by atomic mass is 16.3. The Morgan fingerprint density at radius 1 is 1.11 bits per heavy atom. The number of aryl methyl sites for hydroxylation is 1. The van der Waals surface area contributed by atoms with Crippen molar-refractivity contribution < 1.29 is 5.11 Å². The molecule has 1 fully saturated rings. The van der Waals surface area contributed by atoms with E-state index in [0.29, 0.717) is 53.8 Å². The number of pyridine rings is 1. The van der Waals surface area contributed by atoms with Gasteiger partial charge in [-0.15, -0.1) is 0 Å². The molecule has 1 unspecified atom stereocenters. The van der Waals surface area contributed by atoms with Crippen LogP contribution in [-0.2, 0) is 12.0 Å². The first-order valence-electron chi connectivity index (χ1n) is 12.5. The van der Waals surface area contributed by atoms with E-state index in [0.717, 1.165) is 30.8 Å². The van der Waals surface area contributed by atoms with Gasteiger partial charge in [-0.1, -0.05) is 13.0 Å². The van der Waals surface area contributed by atoms with Gasteiger partial charge in [-0.3, -0.25) is 0 Å². The van der Waals surface area contributed by atoms with Gasteiger partial charge in [-0.25, -0.2) is 9.97 Å². The second-order valence-electron chi connectivity index (χ2n) is 9.83. The number of hydrogen-bond acceptors (Lipinski definition) is 9. The Bertz CT molecular complexity index is 1280. The number of piperazine rings is 1. The molecule has 0 saturated carbocycles. The molecule has 9 heteroatoms. The lowest BCUT2D eigenvalue weighted by atomic mass is 9.98. The summed E-state index contributed by atoms with van der Waals surface area (Å²) < 4.78 is 0. The number of rotatable bonds is 6. The number of aliphatic hydroxyl groups is 1. The molecule has 3 aromatic rings. The fourth-order valence-electron chi connectivity index (χ4n) is 5.13. The van der Waals surface area contributed by atoms with Crippen molar-refractivity contribution in [2.45, 2.75) is 57.7 Å². The second-order valence-corrected chi connectivity index (χ2v) is 9.83. The topological polar surface area (TPSA) is 122 Å². The fraction of sp³-hybridized carbons (Fsp3) is 0.407. The molecule has 36 heavy (non-hydrogen) atoms. The maximum atomic E-state index is 10.9. The summed E-state index contributed by atoms with van der Waals surface area (Å²) in [7, 11) is 0. The minimum absolute atomic E-state index is 0.311. The van der Waals surface area contributed by atoms with E-state index in [1.807, 2.05) is 31.2 Å². The van der Waals surface area contributed by atoms with E-state index in [-0.39, 0.29) is 0 Å². The van der Waals surface area contributed by atoms with Crippen molar-refractivity contribution in [2.24, 2.45) is 0 Å². The third-order valence-corrected chi connectivity index (χ3v) is 7.01. The van der Waals surface area contributed by atoms with E-state index in [1.165, 1.54) is 11.9 Å². The van der Waals surface area contributed by atoms with Gasteiger partial charge < -0.3 is 26.0 Å².